The van der Waals surface area contributed by atoms with Gasteiger partial charge >= 0.3 is 5.97 Å². The van der Waals surface area contributed by atoms with Crippen molar-refractivity contribution in [2.24, 2.45) is 11.8 Å². The zero-order valence-electron chi connectivity index (χ0n) is 31.5. The number of aromatic nitrogens is 2. The van der Waals surface area contributed by atoms with Crippen LogP contribution in [0.3, 0.4) is 0 Å². The normalized spacial score (nSPS) is 17.4. The van der Waals surface area contributed by atoms with Gasteiger partial charge in [0.2, 0.25) is 29.9 Å². The van der Waals surface area contributed by atoms with Gasteiger partial charge in [-0.25, -0.2) is 13.8 Å². The highest BCUT2D eigenvalue weighted by Gasteiger charge is 2.45. The quantitative estimate of drug-likeness (QED) is 0.111. The van der Waals surface area contributed by atoms with E-state index in [0.29, 0.717) is 6.42 Å². The lowest BCUT2D eigenvalue weighted by Crippen LogP contribution is -2.59. The minimum absolute atomic E-state index is 0.0179. The molecule has 1 fully saturated rings. The number of methoxy groups -OCH3 is 1. The van der Waals surface area contributed by atoms with Gasteiger partial charge in [-0.05, 0) is 23.8 Å². The molecule has 2 heterocycles. The molecule has 16 nitrogen and oxygen atoms in total. The van der Waals surface area contributed by atoms with Crippen molar-refractivity contribution in [2.45, 2.75) is 96.7 Å². The van der Waals surface area contributed by atoms with Crippen molar-refractivity contribution in [1.29, 1.82) is 0 Å². The Labute approximate surface area is 317 Å². The predicted molar refractivity (Wildman–Crippen MR) is 192 cm³/mol. The third-order valence-electron chi connectivity index (χ3n) is 8.97. The molecule has 1 aliphatic heterocycles. The van der Waals surface area contributed by atoms with E-state index >= 15 is 0 Å². The van der Waals surface area contributed by atoms with Gasteiger partial charge in [-0.3, -0.25) is 38.5 Å². The molecule has 0 saturated carbocycles. The highest BCUT2D eigenvalue weighted by molar-refractivity contribution is 6.38. The Morgan fingerprint density at radius 2 is 1.65 bits per heavy atom. The topological polar surface area (TPSA) is 215 Å². The van der Waals surface area contributed by atoms with E-state index in [-0.39, 0.29) is 37.6 Å². The highest BCUT2D eigenvalue weighted by Crippen LogP contribution is 2.25. The maximum Gasteiger partial charge on any atom is 0.325 e. The van der Waals surface area contributed by atoms with Gasteiger partial charge in [0.15, 0.2) is 0 Å². The van der Waals surface area contributed by atoms with Crippen LogP contribution in [0.25, 0.3) is 0 Å². The third-order valence-corrected chi connectivity index (χ3v) is 8.97. The lowest BCUT2D eigenvalue weighted by Gasteiger charge is -2.33. The number of benzene rings is 1. The SMILES string of the molecule is CC[C@@H](C)[C@H](NC(=O)[C@H](CC(C)C)NC(=O)c1cnccn1)C(=O)N1C[C@H](OCc2ccccc2)C[C@H]1C(=O)N[C@@H](CC(F)F)C(=O)C(=O)NCC(=O)OC. The minimum Gasteiger partial charge on any atom is -0.468 e. The molecular weight excluding hydrogens is 724 g/mol. The van der Waals surface area contributed by atoms with Crippen LogP contribution < -0.4 is 21.3 Å². The number of carbonyl (C=O) groups excluding carboxylic acids is 7. The van der Waals surface area contributed by atoms with Crippen LogP contribution in [0, 0.1) is 11.8 Å². The summed E-state index contributed by atoms with van der Waals surface area (Å²) in [7, 11) is 1.04. The van der Waals surface area contributed by atoms with Crippen molar-refractivity contribution < 1.29 is 51.8 Å². The number of likely N-dealkylation sites (tertiary alicyclic amines) is 1. The fraction of sp³-hybridized carbons (Fsp3) is 0.541. The average molecular weight is 774 g/mol. The molecule has 5 amide bonds. The van der Waals surface area contributed by atoms with Crippen molar-refractivity contribution in [3.63, 3.8) is 0 Å². The fourth-order valence-corrected chi connectivity index (χ4v) is 5.81. The summed E-state index contributed by atoms with van der Waals surface area (Å²) >= 11 is 0. The molecular formula is C37H49F2N7O9. The van der Waals surface area contributed by atoms with Crippen molar-refractivity contribution in [2.75, 3.05) is 20.2 Å². The molecule has 0 bridgehead atoms. The monoisotopic (exact) mass is 773 g/mol. The Hall–Kier alpha value is -5.39. The second-order valence-electron chi connectivity index (χ2n) is 13.6. The molecule has 1 saturated heterocycles. The summed E-state index contributed by atoms with van der Waals surface area (Å²) in [6.45, 7) is 6.48. The van der Waals surface area contributed by atoms with Gasteiger partial charge in [0.25, 0.3) is 11.8 Å². The number of hydrogen-bond acceptors (Lipinski definition) is 11. The standard InChI is InChI=1S/C37H49F2N7O9/c1-6-22(4)31(45-33(49)26(14-21(2)3)44-34(50)27-17-40-12-13-41-27)37(53)46-19-24(55-20-23-10-8-7-9-11-23)15-28(46)35(51)43-25(16-29(38)39)32(48)36(52)42-18-30(47)54-5/h7-13,17,21-22,24-26,28-29,31H,6,14-16,18-20H2,1-5H3,(H,42,52)(H,43,51)(H,44,50)(H,45,49)/t22-,24-,25+,26+,28+,31+/m1/s1. The number of nitrogens with zero attached hydrogens (tertiary/aromatic N) is 3. The van der Waals surface area contributed by atoms with E-state index < -0.39 is 96.9 Å². The van der Waals surface area contributed by atoms with Crippen LogP contribution in [-0.2, 0) is 44.8 Å². The van der Waals surface area contributed by atoms with Gasteiger partial charge < -0.3 is 35.6 Å². The second-order valence-corrected chi connectivity index (χ2v) is 13.6. The Morgan fingerprint density at radius 3 is 2.25 bits per heavy atom. The number of ketones is 1. The van der Waals surface area contributed by atoms with Gasteiger partial charge in [0.05, 0.1) is 26.0 Å². The summed E-state index contributed by atoms with van der Waals surface area (Å²) in [5.41, 5.74) is 0.786. The molecule has 1 aromatic heterocycles. The van der Waals surface area contributed by atoms with E-state index in [1.807, 2.05) is 49.5 Å². The summed E-state index contributed by atoms with van der Waals surface area (Å²) < 4.78 is 37.8. The zero-order chi connectivity index (χ0) is 40.7. The number of ether oxygens (including phenoxy) is 2. The minimum atomic E-state index is -3.12. The summed E-state index contributed by atoms with van der Waals surface area (Å²) in [4.78, 5) is 101. The van der Waals surface area contributed by atoms with Crippen molar-refractivity contribution in [3.8, 4) is 0 Å². The first-order valence-electron chi connectivity index (χ1n) is 18.0. The summed E-state index contributed by atoms with van der Waals surface area (Å²) in [6.07, 6.45) is -0.624. The molecule has 18 heteroatoms. The maximum atomic E-state index is 14.5. The molecule has 0 spiro atoms. The van der Waals surface area contributed by atoms with Gasteiger partial charge in [-0.2, -0.15) is 0 Å². The van der Waals surface area contributed by atoms with E-state index in [2.05, 4.69) is 30.7 Å². The molecule has 4 N–H and O–H groups in total. The largest absolute Gasteiger partial charge is 0.468 e. The smallest absolute Gasteiger partial charge is 0.325 e. The van der Waals surface area contributed by atoms with Crippen molar-refractivity contribution in [3.05, 3.63) is 60.2 Å². The molecule has 0 unspecified atom stereocenters. The van der Waals surface area contributed by atoms with E-state index in [9.17, 15) is 42.3 Å². The van der Waals surface area contributed by atoms with Gasteiger partial charge in [0.1, 0.15) is 36.4 Å². The summed E-state index contributed by atoms with van der Waals surface area (Å²) in [5.74, 6) is -7.31. The van der Waals surface area contributed by atoms with Gasteiger partial charge in [-0.1, -0.05) is 64.4 Å². The first-order chi connectivity index (χ1) is 26.1. The van der Waals surface area contributed by atoms with E-state index in [1.54, 1.807) is 13.8 Å². The van der Waals surface area contributed by atoms with Crippen molar-refractivity contribution in [1.82, 2.24) is 36.1 Å². The fourth-order valence-electron chi connectivity index (χ4n) is 5.81. The first-order valence-corrected chi connectivity index (χ1v) is 18.0. The molecule has 6 atom stereocenters. The lowest BCUT2D eigenvalue weighted by atomic mass is 9.96. The number of nitrogens with one attached hydrogen (secondary N) is 4. The number of carbonyl (C=O) groups is 7. The van der Waals surface area contributed by atoms with Crippen LogP contribution in [0.5, 0.6) is 0 Å². The predicted octanol–water partition coefficient (Wildman–Crippen LogP) is 1.34. The Morgan fingerprint density at radius 1 is 0.945 bits per heavy atom. The van der Waals surface area contributed by atoms with E-state index in [0.717, 1.165) is 12.7 Å². The number of amides is 5. The third kappa shape index (κ3) is 13.4. The zero-order valence-corrected chi connectivity index (χ0v) is 31.5. The number of esters is 1. The van der Waals surface area contributed by atoms with Crippen molar-refractivity contribution >= 4 is 41.3 Å². The number of hydrogen-bond donors (Lipinski definition) is 4. The molecule has 1 aliphatic rings. The Balaban J connectivity index is 1.90. The van der Waals surface area contributed by atoms with Crippen LogP contribution in [0.4, 0.5) is 8.78 Å². The van der Waals surface area contributed by atoms with Crippen LogP contribution >= 0.6 is 0 Å². The molecule has 1 aromatic carbocycles. The lowest BCUT2D eigenvalue weighted by molar-refractivity contribution is -0.145. The Kier molecular flexibility index (Phi) is 17.2. The highest BCUT2D eigenvalue weighted by atomic mass is 19.3. The van der Waals surface area contributed by atoms with Crippen LogP contribution in [-0.4, -0.2) is 113 Å². The van der Waals surface area contributed by atoms with Crippen LogP contribution in [0.2, 0.25) is 0 Å². The van der Waals surface area contributed by atoms with Gasteiger partial charge in [0, 0.05) is 31.8 Å². The molecule has 300 valence electrons. The molecule has 0 radical (unpaired) electrons. The van der Waals surface area contributed by atoms with Gasteiger partial charge in [-0.15, -0.1) is 0 Å². The molecule has 55 heavy (non-hydrogen) atoms. The summed E-state index contributed by atoms with van der Waals surface area (Å²) in [6, 6.07) is 3.40. The van der Waals surface area contributed by atoms with E-state index in [1.165, 1.54) is 23.5 Å². The molecule has 2 aromatic rings. The molecule has 0 aliphatic carbocycles. The average Bonchev–Trinajstić information content (AvgIpc) is 3.61. The number of Topliss-reactive ketones (excluding diaryl/α,β-unsaturated/α-hetero) is 1. The number of alkyl halides is 2. The van der Waals surface area contributed by atoms with E-state index in [4.69, 9.17) is 4.74 Å². The second kappa shape index (κ2) is 21.5. The summed E-state index contributed by atoms with van der Waals surface area (Å²) in [5, 5.41) is 9.62. The first kappa shape index (κ1) is 44.0. The Bertz CT molecular complexity index is 1640. The maximum absolute atomic E-state index is 14.5. The number of rotatable bonds is 20. The van der Waals surface area contributed by atoms with Crippen LogP contribution in [0.1, 0.15) is 69.4 Å². The molecule has 3 rings (SSSR count). The number of halogens is 2. The van der Waals surface area contributed by atoms with Crippen LogP contribution in [0.15, 0.2) is 48.9 Å².